The van der Waals surface area contributed by atoms with Gasteiger partial charge in [-0.25, -0.2) is 0 Å². The van der Waals surface area contributed by atoms with Crippen molar-refractivity contribution in [1.82, 2.24) is 5.32 Å². The second kappa shape index (κ2) is 5.05. The average Bonchev–Trinajstić information content (AvgIpc) is 3.03. The average molecular weight is 272 g/mol. The standard InChI is InChI=1S/C15H16N2OS/c1-10-5-7-19-14(10)9-17-15(18)12-3-2-11-4-6-16-13(11)8-12/h2-3,5,7-8,16H,4,6,9H2,1H3,(H,17,18). The lowest BCUT2D eigenvalue weighted by molar-refractivity contribution is 0.0951. The topological polar surface area (TPSA) is 41.1 Å². The molecular weight excluding hydrogens is 256 g/mol. The number of nitrogens with one attached hydrogen (secondary N) is 2. The first kappa shape index (κ1) is 12.2. The minimum Gasteiger partial charge on any atom is -0.384 e. The molecule has 3 nitrogen and oxygen atoms in total. The highest BCUT2D eigenvalue weighted by Gasteiger charge is 2.13. The van der Waals surface area contributed by atoms with Gasteiger partial charge in [-0.2, -0.15) is 0 Å². The van der Waals surface area contributed by atoms with E-state index in [0.29, 0.717) is 6.54 Å². The van der Waals surface area contributed by atoms with E-state index in [1.54, 1.807) is 11.3 Å². The van der Waals surface area contributed by atoms with Gasteiger partial charge < -0.3 is 10.6 Å². The second-order valence-corrected chi connectivity index (χ2v) is 5.76. The minimum absolute atomic E-state index is 0.00991. The number of carbonyl (C=O) groups is 1. The van der Waals surface area contributed by atoms with Crippen molar-refractivity contribution in [1.29, 1.82) is 0 Å². The van der Waals surface area contributed by atoms with Crippen LogP contribution in [0.2, 0.25) is 0 Å². The van der Waals surface area contributed by atoms with Crippen molar-refractivity contribution in [3.05, 3.63) is 51.2 Å². The Bertz CT molecular complexity index is 618. The van der Waals surface area contributed by atoms with Crippen LogP contribution in [0, 0.1) is 6.92 Å². The van der Waals surface area contributed by atoms with Crippen molar-refractivity contribution < 1.29 is 4.79 Å². The molecule has 0 fully saturated rings. The Hall–Kier alpha value is -1.81. The maximum atomic E-state index is 12.1. The van der Waals surface area contributed by atoms with Crippen molar-refractivity contribution in [2.75, 3.05) is 11.9 Å². The maximum Gasteiger partial charge on any atom is 0.251 e. The smallest absolute Gasteiger partial charge is 0.251 e. The lowest BCUT2D eigenvalue weighted by Crippen LogP contribution is -2.22. The number of carbonyl (C=O) groups excluding carboxylic acids is 1. The van der Waals surface area contributed by atoms with Crippen LogP contribution < -0.4 is 10.6 Å². The molecule has 2 aromatic rings. The third kappa shape index (κ3) is 2.49. The number of benzene rings is 1. The molecule has 98 valence electrons. The summed E-state index contributed by atoms with van der Waals surface area (Å²) in [6, 6.07) is 7.97. The van der Waals surface area contributed by atoms with E-state index in [0.717, 1.165) is 24.2 Å². The third-order valence-corrected chi connectivity index (χ3v) is 4.48. The van der Waals surface area contributed by atoms with Gasteiger partial charge in [0, 0.05) is 22.7 Å². The summed E-state index contributed by atoms with van der Waals surface area (Å²) in [7, 11) is 0. The lowest BCUT2D eigenvalue weighted by Gasteiger charge is -2.07. The molecule has 1 aromatic heterocycles. The van der Waals surface area contributed by atoms with E-state index in [4.69, 9.17) is 0 Å². The van der Waals surface area contributed by atoms with E-state index < -0.39 is 0 Å². The highest BCUT2D eigenvalue weighted by molar-refractivity contribution is 7.10. The van der Waals surface area contributed by atoms with Crippen LogP contribution in [0.15, 0.2) is 29.6 Å². The zero-order valence-corrected chi connectivity index (χ0v) is 11.6. The summed E-state index contributed by atoms with van der Waals surface area (Å²) in [4.78, 5) is 13.3. The van der Waals surface area contributed by atoms with Crippen molar-refractivity contribution >= 4 is 22.9 Å². The molecule has 0 saturated heterocycles. The van der Waals surface area contributed by atoms with Crippen LogP contribution in [0.25, 0.3) is 0 Å². The zero-order chi connectivity index (χ0) is 13.2. The fourth-order valence-corrected chi connectivity index (χ4v) is 3.13. The van der Waals surface area contributed by atoms with Crippen molar-refractivity contribution in [2.45, 2.75) is 19.9 Å². The third-order valence-electron chi connectivity index (χ3n) is 3.46. The van der Waals surface area contributed by atoms with Crippen LogP contribution >= 0.6 is 11.3 Å². The molecule has 0 aliphatic carbocycles. The van der Waals surface area contributed by atoms with E-state index in [9.17, 15) is 4.79 Å². The summed E-state index contributed by atoms with van der Waals surface area (Å²) in [5, 5.41) is 8.32. The van der Waals surface area contributed by atoms with Gasteiger partial charge in [-0.1, -0.05) is 6.07 Å². The SMILES string of the molecule is Cc1ccsc1CNC(=O)c1ccc2c(c1)NCC2. The monoisotopic (exact) mass is 272 g/mol. The Morgan fingerprint density at radius 3 is 3.11 bits per heavy atom. The van der Waals surface area contributed by atoms with E-state index in [1.165, 1.54) is 16.0 Å². The van der Waals surface area contributed by atoms with Gasteiger partial charge in [0.2, 0.25) is 0 Å². The fourth-order valence-electron chi connectivity index (χ4n) is 2.28. The molecule has 19 heavy (non-hydrogen) atoms. The first-order valence-electron chi connectivity index (χ1n) is 6.42. The lowest BCUT2D eigenvalue weighted by atomic mass is 10.1. The summed E-state index contributed by atoms with van der Waals surface area (Å²) < 4.78 is 0. The molecule has 3 rings (SSSR count). The number of rotatable bonds is 3. The molecular formula is C15H16N2OS. The number of hydrogen-bond donors (Lipinski definition) is 2. The molecule has 1 aliphatic heterocycles. The predicted molar refractivity (Wildman–Crippen MR) is 78.9 cm³/mol. The Kier molecular flexibility index (Phi) is 3.25. The quantitative estimate of drug-likeness (QED) is 0.902. The highest BCUT2D eigenvalue weighted by Crippen LogP contribution is 2.23. The van der Waals surface area contributed by atoms with Crippen LogP contribution in [-0.2, 0) is 13.0 Å². The number of thiophene rings is 1. The number of fused-ring (bicyclic) bond motifs is 1. The molecule has 0 saturated carbocycles. The maximum absolute atomic E-state index is 12.1. The normalized spacial score (nSPS) is 12.9. The summed E-state index contributed by atoms with van der Waals surface area (Å²) in [6.07, 6.45) is 1.05. The first-order chi connectivity index (χ1) is 9.24. The van der Waals surface area contributed by atoms with Gasteiger partial charge in [0.05, 0.1) is 6.54 Å². The molecule has 1 aliphatic rings. The molecule has 1 aromatic carbocycles. The van der Waals surface area contributed by atoms with Gasteiger partial charge >= 0.3 is 0 Å². The van der Waals surface area contributed by atoms with Crippen molar-refractivity contribution in [2.24, 2.45) is 0 Å². The van der Waals surface area contributed by atoms with Gasteiger partial charge in [-0.15, -0.1) is 11.3 Å². The van der Waals surface area contributed by atoms with Gasteiger partial charge in [-0.3, -0.25) is 4.79 Å². The molecule has 0 unspecified atom stereocenters. The molecule has 0 bridgehead atoms. The zero-order valence-electron chi connectivity index (χ0n) is 10.8. The van der Waals surface area contributed by atoms with Gasteiger partial charge in [0.1, 0.15) is 0 Å². The Labute approximate surface area is 116 Å². The molecule has 0 spiro atoms. The molecule has 2 heterocycles. The van der Waals surface area contributed by atoms with Crippen LogP contribution in [0.5, 0.6) is 0 Å². The Morgan fingerprint density at radius 2 is 2.32 bits per heavy atom. The molecule has 4 heteroatoms. The largest absolute Gasteiger partial charge is 0.384 e. The van der Waals surface area contributed by atoms with Crippen molar-refractivity contribution in [3.8, 4) is 0 Å². The van der Waals surface area contributed by atoms with Crippen LogP contribution in [0.4, 0.5) is 5.69 Å². The second-order valence-electron chi connectivity index (χ2n) is 4.76. The van der Waals surface area contributed by atoms with Gasteiger partial charge in [0.25, 0.3) is 5.91 Å². The van der Waals surface area contributed by atoms with Crippen LogP contribution in [0.1, 0.15) is 26.4 Å². The summed E-state index contributed by atoms with van der Waals surface area (Å²) >= 11 is 1.68. The fraction of sp³-hybridized carbons (Fsp3) is 0.267. The van der Waals surface area contributed by atoms with E-state index >= 15 is 0 Å². The molecule has 0 atom stereocenters. The highest BCUT2D eigenvalue weighted by atomic mass is 32.1. The predicted octanol–water partition coefficient (Wildman–Crippen LogP) is 2.95. The number of anilines is 1. The number of aryl methyl sites for hydroxylation is 1. The van der Waals surface area contributed by atoms with E-state index in [1.807, 2.05) is 18.2 Å². The number of hydrogen-bond acceptors (Lipinski definition) is 3. The van der Waals surface area contributed by atoms with Crippen LogP contribution in [0.3, 0.4) is 0 Å². The minimum atomic E-state index is -0.00991. The summed E-state index contributed by atoms with van der Waals surface area (Å²) in [6.45, 7) is 3.64. The van der Waals surface area contributed by atoms with Crippen LogP contribution in [-0.4, -0.2) is 12.5 Å². The van der Waals surface area contributed by atoms with E-state index in [2.05, 4.69) is 29.0 Å². The summed E-state index contributed by atoms with van der Waals surface area (Å²) in [5.41, 5.74) is 4.36. The summed E-state index contributed by atoms with van der Waals surface area (Å²) in [5.74, 6) is -0.00991. The molecule has 2 N–H and O–H groups in total. The molecule has 0 radical (unpaired) electrons. The number of amides is 1. The van der Waals surface area contributed by atoms with Crippen molar-refractivity contribution in [3.63, 3.8) is 0 Å². The first-order valence-corrected chi connectivity index (χ1v) is 7.30. The van der Waals surface area contributed by atoms with E-state index in [-0.39, 0.29) is 5.91 Å². The van der Waals surface area contributed by atoms with Gasteiger partial charge in [-0.05, 0) is 48.1 Å². The Morgan fingerprint density at radius 1 is 1.42 bits per heavy atom. The molecule has 1 amide bonds. The Balaban J connectivity index is 1.69. The van der Waals surface area contributed by atoms with Gasteiger partial charge in [0.15, 0.2) is 0 Å².